The number of aliphatic hydroxyl groups is 1. The highest BCUT2D eigenvalue weighted by atomic mass is 32.2. The van der Waals surface area contributed by atoms with Crippen LogP contribution in [0.3, 0.4) is 0 Å². The fourth-order valence-electron chi connectivity index (χ4n) is 3.47. The monoisotopic (exact) mass is 451 g/mol. The molecule has 0 unspecified atom stereocenters. The highest BCUT2D eigenvalue weighted by Crippen LogP contribution is 2.32. The molecule has 2 N–H and O–H groups in total. The number of aliphatic hydroxyl groups excluding tert-OH is 1. The van der Waals surface area contributed by atoms with E-state index >= 15 is 0 Å². The van der Waals surface area contributed by atoms with Gasteiger partial charge in [0.05, 0.1) is 11.8 Å². The number of nitrogens with one attached hydrogen (secondary N) is 1. The molecule has 0 saturated carbocycles. The third kappa shape index (κ3) is 6.57. The van der Waals surface area contributed by atoms with Crippen molar-refractivity contribution in [2.24, 2.45) is 0 Å². The van der Waals surface area contributed by atoms with Gasteiger partial charge in [0.25, 0.3) is 0 Å². The number of benzene rings is 1. The number of alkyl halides is 2. The Bertz CT molecular complexity index is 836. The number of aryl methyl sites for hydroxylation is 1. The molecular formula is C21H27F2N5O2S. The summed E-state index contributed by atoms with van der Waals surface area (Å²) >= 11 is 1.48. The number of carbonyl (C=O) groups is 1. The van der Waals surface area contributed by atoms with E-state index in [1.165, 1.54) is 36.0 Å². The molecule has 31 heavy (non-hydrogen) atoms. The van der Waals surface area contributed by atoms with Crippen molar-refractivity contribution in [2.45, 2.75) is 50.2 Å². The van der Waals surface area contributed by atoms with Crippen molar-refractivity contribution in [2.75, 3.05) is 18.1 Å². The van der Waals surface area contributed by atoms with Crippen LogP contribution in [0.25, 0.3) is 0 Å². The minimum absolute atomic E-state index is 0.00186. The molecule has 1 amide bonds. The number of amides is 1. The maximum atomic E-state index is 14.5. The molecule has 7 nitrogen and oxygen atoms in total. The first-order valence-electron chi connectivity index (χ1n) is 10.4. The van der Waals surface area contributed by atoms with Crippen LogP contribution in [0.4, 0.5) is 8.78 Å². The largest absolute Gasteiger partial charge is 0.382 e. The van der Waals surface area contributed by atoms with E-state index in [4.69, 9.17) is 0 Å². The van der Waals surface area contributed by atoms with Crippen LogP contribution < -0.4 is 0 Å². The van der Waals surface area contributed by atoms with Gasteiger partial charge in [-0.15, -0.1) is 22.0 Å². The van der Waals surface area contributed by atoms with Crippen molar-refractivity contribution in [3.8, 4) is 0 Å². The molecule has 1 aromatic heterocycles. The number of aromatic nitrogens is 4. The molecule has 1 aliphatic rings. The van der Waals surface area contributed by atoms with Crippen molar-refractivity contribution in [1.82, 2.24) is 25.5 Å². The summed E-state index contributed by atoms with van der Waals surface area (Å²) in [5.74, 6) is -1.68. The molecule has 0 spiro atoms. The summed E-state index contributed by atoms with van der Waals surface area (Å²) < 4.78 is 29.0. The van der Waals surface area contributed by atoms with Crippen molar-refractivity contribution in [3.05, 3.63) is 53.9 Å². The van der Waals surface area contributed by atoms with Crippen molar-refractivity contribution < 1.29 is 18.7 Å². The molecule has 1 fully saturated rings. The van der Waals surface area contributed by atoms with E-state index in [0.717, 1.165) is 38.2 Å². The number of thioether (sulfide) groups is 1. The maximum absolute atomic E-state index is 14.5. The fourth-order valence-corrected chi connectivity index (χ4v) is 4.46. The SMILES string of the molecule is O=C1CSC[C@H](C=C[C@@H](O)C(F)(F)c2ccccc2)N1CCCCCCc1nn[nH]n1. The van der Waals surface area contributed by atoms with E-state index in [9.17, 15) is 18.7 Å². The van der Waals surface area contributed by atoms with E-state index in [2.05, 4.69) is 20.6 Å². The van der Waals surface area contributed by atoms with E-state index in [1.54, 1.807) is 17.0 Å². The van der Waals surface area contributed by atoms with Crippen molar-refractivity contribution in [3.63, 3.8) is 0 Å². The zero-order chi connectivity index (χ0) is 22.1. The number of halogens is 2. The van der Waals surface area contributed by atoms with Gasteiger partial charge in [-0.3, -0.25) is 4.79 Å². The zero-order valence-corrected chi connectivity index (χ0v) is 18.0. The van der Waals surface area contributed by atoms with Gasteiger partial charge in [-0.25, -0.2) is 0 Å². The van der Waals surface area contributed by atoms with Crippen LogP contribution in [0.15, 0.2) is 42.5 Å². The Kier molecular flexibility index (Phi) is 8.53. The van der Waals surface area contributed by atoms with E-state index in [1.807, 2.05) is 0 Å². The number of unbranched alkanes of at least 4 members (excludes halogenated alkanes) is 3. The highest BCUT2D eigenvalue weighted by molar-refractivity contribution is 8.00. The van der Waals surface area contributed by atoms with Crippen LogP contribution in [-0.4, -0.2) is 66.7 Å². The lowest BCUT2D eigenvalue weighted by atomic mass is 10.0. The first-order chi connectivity index (χ1) is 15.0. The van der Waals surface area contributed by atoms with Crippen LogP contribution in [-0.2, 0) is 17.1 Å². The smallest absolute Gasteiger partial charge is 0.302 e. The summed E-state index contributed by atoms with van der Waals surface area (Å²) in [5, 5.41) is 23.9. The second kappa shape index (κ2) is 11.3. The predicted octanol–water partition coefficient (Wildman–Crippen LogP) is 2.96. The number of rotatable bonds is 11. The molecule has 0 bridgehead atoms. The summed E-state index contributed by atoms with van der Waals surface area (Å²) in [7, 11) is 0. The van der Waals surface area contributed by atoms with Crippen LogP contribution in [0.2, 0.25) is 0 Å². The molecule has 3 rings (SSSR count). The number of hydrogen-bond donors (Lipinski definition) is 2. The van der Waals surface area contributed by atoms with Gasteiger partial charge in [-0.1, -0.05) is 60.5 Å². The van der Waals surface area contributed by atoms with Gasteiger partial charge in [0.2, 0.25) is 5.91 Å². The summed E-state index contributed by atoms with van der Waals surface area (Å²) in [6, 6.07) is 6.96. The normalized spacial score (nSPS) is 18.6. The molecule has 0 radical (unpaired) electrons. The summed E-state index contributed by atoms with van der Waals surface area (Å²) in [6.07, 6.45) is 5.16. The van der Waals surface area contributed by atoms with Crippen molar-refractivity contribution >= 4 is 17.7 Å². The van der Waals surface area contributed by atoms with Gasteiger partial charge in [0.1, 0.15) is 6.10 Å². The third-order valence-corrected chi connectivity index (χ3v) is 6.25. The predicted molar refractivity (Wildman–Crippen MR) is 115 cm³/mol. The van der Waals surface area contributed by atoms with Crippen molar-refractivity contribution in [1.29, 1.82) is 0 Å². The Morgan fingerprint density at radius 2 is 2.03 bits per heavy atom. The Balaban J connectivity index is 1.49. The molecule has 1 aliphatic heterocycles. The fraction of sp³-hybridized carbons (Fsp3) is 0.524. The summed E-state index contributed by atoms with van der Waals surface area (Å²) in [6.45, 7) is 0.571. The maximum Gasteiger partial charge on any atom is 0.302 e. The van der Waals surface area contributed by atoms with Gasteiger partial charge in [0, 0.05) is 24.3 Å². The molecule has 1 saturated heterocycles. The van der Waals surface area contributed by atoms with Gasteiger partial charge in [0.15, 0.2) is 5.82 Å². The van der Waals surface area contributed by atoms with Gasteiger partial charge in [-0.05, 0) is 12.8 Å². The Morgan fingerprint density at radius 3 is 2.77 bits per heavy atom. The average Bonchev–Trinajstić information content (AvgIpc) is 3.29. The van der Waals surface area contributed by atoms with Gasteiger partial charge >= 0.3 is 5.92 Å². The van der Waals surface area contributed by atoms with Crippen LogP contribution in [0, 0.1) is 0 Å². The second-order valence-electron chi connectivity index (χ2n) is 7.48. The minimum Gasteiger partial charge on any atom is -0.382 e. The summed E-state index contributed by atoms with van der Waals surface area (Å²) in [4.78, 5) is 14.1. The number of aromatic amines is 1. The number of tetrazole rings is 1. The molecule has 2 heterocycles. The van der Waals surface area contributed by atoms with E-state index in [0.29, 0.717) is 23.9 Å². The zero-order valence-electron chi connectivity index (χ0n) is 17.2. The van der Waals surface area contributed by atoms with Crippen LogP contribution in [0.5, 0.6) is 0 Å². The molecule has 1 aromatic carbocycles. The molecule has 168 valence electrons. The number of carbonyl (C=O) groups excluding carboxylic acids is 1. The molecule has 2 atom stereocenters. The average molecular weight is 452 g/mol. The lowest BCUT2D eigenvalue weighted by Gasteiger charge is -2.34. The van der Waals surface area contributed by atoms with Gasteiger partial charge in [-0.2, -0.15) is 14.0 Å². The molecule has 10 heteroatoms. The minimum atomic E-state index is -3.40. The molecule has 2 aromatic rings. The topological polar surface area (TPSA) is 95.0 Å². The van der Waals surface area contributed by atoms with Gasteiger partial charge < -0.3 is 10.0 Å². The Morgan fingerprint density at radius 1 is 1.26 bits per heavy atom. The molecule has 0 aliphatic carbocycles. The number of nitrogens with zero attached hydrogens (tertiary/aromatic N) is 4. The Hall–Kier alpha value is -2.33. The first kappa shape index (κ1) is 23.3. The first-order valence-corrected chi connectivity index (χ1v) is 11.5. The summed E-state index contributed by atoms with van der Waals surface area (Å²) in [5.41, 5.74) is -0.237. The number of hydrogen-bond acceptors (Lipinski definition) is 6. The molecular weight excluding hydrogens is 424 g/mol. The quantitative estimate of drug-likeness (QED) is 0.403. The second-order valence-corrected chi connectivity index (χ2v) is 8.51. The standard InChI is InChI=1S/C21H27F2N5O2S/c22-21(23,16-8-4-3-5-9-16)18(29)12-11-17-14-31-15-20(30)28(17)13-7-2-1-6-10-19-24-26-27-25-19/h3-5,8-9,11-12,17-18,29H,1-2,6-7,10,13-15H2,(H,24,25,26,27)/t17-,18+/m0/s1. The number of H-pyrrole nitrogens is 1. The van der Waals surface area contributed by atoms with Crippen LogP contribution >= 0.6 is 11.8 Å². The third-order valence-electron chi connectivity index (χ3n) is 5.22. The van der Waals surface area contributed by atoms with Crippen LogP contribution in [0.1, 0.15) is 37.1 Å². The van der Waals surface area contributed by atoms with E-state index in [-0.39, 0.29) is 17.5 Å². The lowest BCUT2D eigenvalue weighted by Crippen LogP contribution is -2.46. The Labute approximate surface area is 184 Å². The van der Waals surface area contributed by atoms with E-state index < -0.39 is 12.0 Å². The highest BCUT2D eigenvalue weighted by Gasteiger charge is 2.39. The lowest BCUT2D eigenvalue weighted by molar-refractivity contribution is -0.129.